The van der Waals surface area contributed by atoms with Gasteiger partial charge in [0.05, 0.1) is 5.69 Å². The molecular weight excluding hydrogens is 244 g/mol. The molecule has 102 valence electrons. The smallest absolute Gasteiger partial charge is 0.185 e. The molecule has 1 N–H and O–H groups in total. The van der Waals surface area contributed by atoms with Crippen LogP contribution in [0.25, 0.3) is 0 Å². The van der Waals surface area contributed by atoms with Crippen molar-refractivity contribution in [1.82, 2.24) is 15.2 Å². The van der Waals surface area contributed by atoms with E-state index in [4.69, 9.17) is 4.98 Å². The Morgan fingerprint density at radius 3 is 3.00 bits per heavy atom. The van der Waals surface area contributed by atoms with Crippen LogP contribution in [0.5, 0.6) is 0 Å². The minimum atomic E-state index is 0.337. The van der Waals surface area contributed by atoms with E-state index in [2.05, 4.69) is 41.4 Å². The highest BCUT2D eigenvalue weighted by molar-refractivity contribution is 7.13. The van der Waals surface area contributed by atoms with Gasteiger partial charge < -0.3 is 10.2 Å². The Balaban J connectivity index is 2.05. The number of nitrogens with one attached hydrogen (secondary N) is 1. The summed E-state index contributed by atoms with van der Waals surface area (Å²) in [4.78, 5) is 9.66. The topological polar surface area (TPSA) is 31.4 Å². The maximum Gasteiger partial charge on any atom is 0.185 e. The van der Waals surface area contributed by atoms with Crippen molar-refractivity contribution >= 4 is 16.5 Å². The number of hydrogen-bond donors (Lipinski definition) is 1. The van der Waals surface area contributed by atoms with Crippen LogP contribution in [0.15, 0.2) is 5.38 Å². The van der Waals surface area contributed by atoms with Crippen molar-refractivity contribution in [3.63, 3.8) is 0 Å². The van der Waals surface area contributed by atoms with Crippen molar-refractivity contribution < 1.29 is 0 Å². The first-order valence-corrected chi connectivity index (χ1v) is 7.61. The van der Waals surface area contributed by atoms with Crippen LogP contribution >= 0.6 is 11.3 Å². The minimum Gasteiger partial charge on any atom is -0.345 e. The highest BCUT2D eigenvalue weighted by Crippen LogP contribution is 2.26. The first kappa shape index (κ1) is 13.8. The molecule has 2 heterocycles. The number of rotatable bonds is 4. The van der Waals surface area contributed by atoms with E-state index in [0.29, 0.717) is 12.1 Å². The van der Waals surface area contributed by atoms with Crippen molar-refractivity contribution in [3.05, 3.63) is 11.1 Å². The van der Waals surface area contributed by atoms with Crippen LogP contribution in [-0.2, 0) is 0 Å². The first-order chi connectivity index (χ1) is 8.65. The third-order valence-corrected chi connectivity index (χ3v) is 4.83. The van der Waals surface area contributed by atoms with Crippen molar-refractivity contribution in [2.24, 2.45) is 0 Å². The molecule has 4 nitrogen and oxygen atoms in total. The molecule has 1 fully saturated rings. The standard InChI is InChI=1S/C13H24N4S/c1-5-11-8-17(7-6-16(11)4)13-15-12(9-18-13)10(2)14-3/h9-11,14H,5-8H2,1-4H3. The fourth-order valence-corrected chi connectivity index (χ4v) is 3.28. The van der Waals surface area contributed by atoms with E-state index in [0.717, 1.165) is 25.3 Å². The van der Waals surface area contributed by atoms with Crippen LogP contribution < -0.4 is 10.2 Å². The summed E-state index contributed by atoms with van der Waals surface area (Å²) in [6.07, 6.45) is 1.21. The van der Waals surface area contributed by atoms with Gasteiger partial charge in [-0.05, 0) is 27.4 Å². The lowest BCUT2D eigenvalue weighted by molar-refractivity contribution is 0.213. The van der Waals surface area contributed by atoms with Gasteiger partial charge in [-0.1, -0.05) is 6.92 Å². The zero-order valence-electron chi connectivity index (χ0n) is 11.8. The monoisotopic (exact) mass is 268 g/mol. The molecule has 1 saturated heterocycles. The maximum absolute atomic E-state index is 4.76. The quantitative estimate of drug-likeness (QED) is 0.904. The molecule has 0 amide bonds. The van der Waals surface area contributed by atoms with Gasteiger partial charge in [-0.3, -0.25) is 4.90 Å². The Hall–Kier alpha value is -0.650. The molecule has 1 aromatic rings. The summed E-state index contributed by atoms with van der Waals surface area (Å²) in [6, 6.07) is 0.997. The van der Waals surface area contributed by atoms with Gasteiger partial charge in [-0.25, -0.2) is 4.98 Å². The number of hydrogen-bond acceptors (Lipinski definition) is 5. The lowest BCUT2D eigenvalue weighted by Crippen LogP contribution is -2.51. The van der Waals surface area contributed by atoms with Crippen molar-refractivity contribution in [2.75, 3.05) is 38.6 Å². The Kier molecular flexibility index (Phi) is 4.59. The van der Waals surface area contributed by atoms with E-state index < -0.39 is 0 Å². The second kappa shape index (κ2) is 5.99. The lowest BCUT2D eigenvalue weighted by Gasteiger charge is -2.39. The summed E-state index contributed by atoms with van der Waals surface area (Å²) in [7, 11) is 4.20. The van der Waals surface area contributed by atoms with E-state index in [1.807, 2.05) is 7.05 Å². The molecule has 2 rings (SSSR count). The van der Waals surface area contributed by atoms with Gasteiger partial charge in [0.15, 0.2) is 5.13 Å². The van der Waals surface area contributed by atoms with Crippen LogP contribution in [0, 0.1) is 0 Å². The molecule has 2 unspecified atom stereocenters. The summed E-state index contributed by atoms with van der Waals surface area (Å²) in [6.45, 7) is 7.75. The van der Waals surface area contributed by atoms with E-state index in [1.165, 1.54) is 11.6 Å². The van der Waals surface area contributed by atoms with E-state index in [9.17, 15) is 0 Å². The zero-order valence-corrected chi connectivity index (χ0v) is 12.6. The molecule has 5 heteroatoms. The van der Waals surface area contributed by atoms with E-state index in [1.54, 1.807) is 11.3 Å². The highest BCUT2D eigenvalue weighted by Gasteiger charge is 2.24. The molecule has 0 aliphatic carbocycles. The van der Waals surface area contributed by atoms with Crippen LogP contribution in [0.2, 0.25) is 0 Å². The van der Waals surface area contributed by atoms with Crippen LogP contribution in [0.1, 0.15) is 32.0 Å². The van der Waals surface area contributed by atoms with E-state index in [-0.39, 0.29) is 0 Å². The Morgan fingerprint density at radius 2 is 2.33 bits per heavy atom. The molecular formula is C13H24N4S. The predicted molar refractivity (Wildman–Crippen MR) is 78.5 cm³/mol. The van der Waals surface area contributed by atoms with Gasteiger partial charge in [0.25, 0.3) is 0 Å². The fourth-order valence-electron chi connectivity index (χ4n) is 2.33. The van der Waals surface area contributed by atoms with Gasteiger partial charge in [-0.15, -0.1) is 11.3 Å². The van der Waals surface area contributed by atoms with Gasteiger partial charge in [0.1, 0.15) is 0 Å². The molecule has 2 atom stereocenters. The molecule has 0 spiro atoms. The Labute approximate surface area is 114 Å². The molecule has 1 aromatic heterocycles. The Bertz CT molecular complexity index is 379. The van der Waals surface area contributed by atoms with Crippen LogP contribution in [-0.4, -0.2) is 49.7 Å². The van der Waals surface area contributed by atoms with Gasteiger partial charge in [0, 0.05) is 37.1 Å². The van der Waals surface area contributed by atoms with Crippen molar-refractivity contribution in [1.29, 1.82) is 0 Å². The molecule has 1 aliphatic heterocycles. The third-order valence-electron chi connectivity index (χ3n) is 3.91. The lowest BCUT2D eigenvalue weighted by atomic mass is 10.1. The average molecular weight is 268 g/mol. The summed E-state index contributed by atoms with van der Waals surface area (Å²) < 4.78 is 0. The fraction of sp³-hybridized carbons (Fsp3) is 0.769. The van der Waals surface area contributed by atoms with Crippen LogP contribution in [0.3, 0.4) is 0 Å². The first-order valence-electron chi connectivity index (χ1n) is 6.73. The normalized spacial score (nSPS) is 23.3. The predicted octanol–water partition coefficient (Wildman–Crippen LogP) is 1.95. The molecule has 0 aromatic carbocycles. The number of likely N-dealkylation sites (N-methyl/N-ethyl adjacent to an activating group) is 1. The zero-order chi connectivity index (χ0) is 13.1. The maximum atomic E-state index is 4.76. The molecule has 0 bridgehead atoms. The SMILES string of the molecule is CCC1CN(c2nc(C(C)NC)cs2)CCN1C. The molecule has 1 aliphatic rings. The highest BCUT2D eigenvalue weighted by atomic mass is 32.1. The molecule has 0 saturated carbocycles. The summed E-state index contributed by atoms with van der Waals surface area (Å²) in [5.41, 5.74) is 1.16. The molecule has 18 heavy (non-hydrogen) atoms. The van der Waals surface area contributed by atoms with Gasteiger partial charge in [-0.2, -0.15) is 0 Å². The second-order valence-electron chi connectivity index (χ2n) is 5.05. The van der Waals surface area contributed by atoms with Crippen molar-refractivity contribution in [2.45, 2.75) is 32.4 Å². The summed E-state index contributed by atoms with van der Waals surface area (Å²) >= 11 is 1.77. The second-order valence-corrected chi connectivity index (χ2v) is 5.89. The number of nitrogens with zero attached hydrogens (tertiary/aromatic N) is 3. The van der Waals surface area contributed by atoms with Crippen molar-refractivity contribution in [3.8, 4) is 0 Å². The largest absolute Gasteiger partial charge is 0.345 e. The average Bonchev–Trinajstić information content (AvgIpc) is 2.88. The van der Waals surface area contributed by atoms with Gasteiger partial charge >= 0.3 is 0 Å². The Morgan fingerprint density at radius 1 is 1.56 bits per heavy atom. The van der Waals surface area contributed by atoms with Gasteiger partial charge in [0.2, 0.25) is 0 Å². The minimum absolute atomic E-state index is 0.337. The molecule has 0 radical (unpaired) electrons. The summed E-state index contributed by atoms with van der Waals surface area (Å²) in [5.74, 6) is 0. The number of anilines is 1. The van der Waals surface area contributed by atoms with E-state index >= 15 is 0 Å². The van der Waals surface area contributed by atoms with Crippen LogP contribution in [0.4, 0.5) is 5.13 Å². The number of aromatic nitrogens is 1. The number of piperazine rings is 1. The third kappa shape index (κ3) is 2.84. The summed E-state index contributed by atoms with van der Waals surface area (Å²) in [5, 5.41) is 6.60. The number of thiazole rings is 1.